The molecule has 0 bridgehead atoms. The van der Waals surface area contributed by atoms with Gasteiger partial charge in [-0.3, -0.25) is 9.55 Å². The molecular weight excluding hydrogens is 659 g/mol. The summed E-state index contributed by atoms with van der Waals surface area (Å²) in [5.74, 6) is 1.54. The Balaban J connectivity index is 1.63. The van der Waals surface area contributed by atoms with Gasteiger partial charge < -0.3 is 5.11 Å². The van der Waals surface area contributed by atoms with E-state index in [2.05, 4.69) is 177 Å². The lowest BCUT2D eigenvalue weighted by molar-refractivity contribution is 0.446. The second-order valence-electron chi connectivity index (χ2n) is 17.3. The number of fused-ring (bicyclic) bond motifs is 1. The number of hydrogen-bond donors (Lipinski definition) is 1. The van der Waals surface area contributed by atoms with Gasteiger partial charge in [0.2, 0.25) is 0 Å². The van der Waals surface area contributed by atoms with E-state index < -0.39 is 0 Å². The number of para-hydroxylation sites is 2. The number of aromatic hydroxyl groups is 1. The zero-order valence-corrected chi connectivity index (χ0v) is 33.5. The van der Waals surface area contributed by atoms with E-state index in [9.17, 15) is 5.11 Å². The monoisotopic (exact) mass is 711 g/mol. The third kappa shape index (κ3) is 6.86. The molecule has 0 aliphatic rings. The Hall–Kier alpha value is -5.48. The van der Waals surface area contributed by atoms with Gasteiger partial charge in [-0.2, -0.15) is 0 Å². The summed E-state index contributed by atoms with van der Waals surface area (Å²) < 4.78 is 2.35. The number of phenolic OH excluding ortho intramolecular Hbond substituents is 1. The van der Waals surface area contributed by atoms with Gasteiger partial charge in [0.25, 0.3) is 0 Å². The van der Waals surface area contributed by atoms with Crippen LogP contribution in [0.25, 0.3) is 61.6 Å². The van der Waals surface area contributed by atoms with Crippen molar-refractivity contribution in [3.8, 4) is 56.3 Å². The molecule has 0 spiro atoms. The third-order valence-electron chi connectivity index (χ3n) is 10.6. The summed E-state index contributed by atoms with van der Waals surface area (Å²) >= 11 is 0. The molecule has 4 nitrogen and oxygen atoms in total. The van der Waals surface area contributed by atoms with Gasteiger partial charge in [-0.1, -0.05) is 142 Å². The fraction of sp³-hybridized carbons (Fsp3) is 0.280. The minimum Gasteiger partial charge on any atom is -0.507 e. The first-order chi connectivity index (χ1) is 25.6. The molecule has 5 aromatic carbocycles. The Kier molecular flexibility index (Phi) is 9.60. The third-order valence-corrected chi connectivity index (χ3v) is 10.6. The van der Waals surface area contributed by atoms with E-state index in [-0.39, 0.29) is 28.4 Å². The highest BCUT2D eigenvalue weighted by Gasteiger charge is 2.30. The Morgan fingerprint density at radius 2 is 1.20 bits per heavy atom. The molecule has 54 heavy (non-hydrogen) atoms. The SMILES string of the molecule is CC(C)c1cccc(C(C)C)c1-n1c(-c2cc(C(C)(C)C)cc(C(C)(C)C)c2O)nc2c(-c3cc(-c4ccccc4)cc(-c4ccccn4)c3)cccc21. The lowest BCUT2D eigenvalue weighted by atomic mass is 9.79. The van der Waals surface area contributed by atoms with Crippen molar-refractivity contribution in [3.63, 3.8) is 0 Å². The average molecular weight is 712 g/mol. The average Bonchev–Trinajstić information content (AvgIpc) is 3.53. The highest BCUT2D eigenvalue weighted by atomic mass is 16.3. The van der Waals surface area contributed by atoms with E-state index in [0.29, 0.717) is 0 Å². The predicted molar refractivity (Wildman–Crippen MR) is 228 cm³/mol. The van der Waals surface area contributed by atoms with Crippen LogP contribution in [0, 0.1) is 0 Å². The molecule has 0 aliphatic heterocycles. The standard InChI is InChI=1S/C50H53N3O/c1-31(2)38-20-16-21-39(32(3)4)46(38)53-44-24-17-22-40(35-26-34(33-18-12-11-13-19-33)27-36(28-35)43-23-14-15-25-51-43)45(44)52-48(53)41-29-37(49(5,6)7)30-42(47(41)54)50(8,9)10/h11-32,54H,1-10H3. The topological polar surface area (TPSA) is 50.9 Å². The van der Waals surface area contributed by atoms with Crippen molar-refractivity contribution in [2.24, 2.45) is 0 Å². The normalized spacial score (nSPS) is 12.3. The minimum atomic E-state index is -0.291. The van der Waals surface area contributed by atoms with Crippen LogP contribution in [0.15, 0.2) is 121 Å². The van der Waals surface area contributed by atoms with Gasteiger partial charge in [-0.25, -0.2) is 4.98 Å². The largest absolute Gasteiger partial charge is 0.507 e. The molecule has 0 radical (unpaired) electrons. The first-order valence-electron chi connectivity index (χ1n) is 19.3. The smallest absolute Gasteiger partial charge is 0.149 e. The van der Waals surface area contributed by atoms with Crippen molar-refractivity contribution in [2.45, 2.75) is 91.9 Å². The summed E-state index contributed by atoms with van der Waals surface area (Å²) in [6, 6.07) is 40.9. The van der Waals surface area contributed by atoms with Crippen LogP contribution < -0.4 is 0 Å². The summed E-state index contributed by atoms with van der Waals surface area (Å²) in [6.45, 7) is 22.3. The fourth-order valence-corrected chi connectivity index (χ4v) is 7.58. The molecule has 7 rings (SSSR count). The maximum Gasteiger partial charge on any atom is 0.149 e. The van der Waals surface area contributed by atoms with Crippen LogP contribution in [0.4, 0.5) is 0 Å². The zero-order chi connectivity index (χ0) is 38.5. The Labute approximate surface area is 321 Å². The van der Waals surface area contributed by atoms with Crippen LogP contribution >= 0.6 is 0 Å². The van der Waals surface area contributed by atoms with E-state index in [1.54, 1.807) is 0 Å². The quantitative estimate of drug-likeness (QED) is 0.179. The van der Waals surface area contributed by atoms with Crippen LogP contribution in [-0.2, 0) is 10.8 Å². The summed E-state index contributed by atoms with van der Waals surface area (Å²) in [7, 11) is 0. The zero-order valence-electron chi connectivity index (χ0n) is 33.5. The van der Waals surface area contributed by atoms with Gasteiger partial charge in [0.05, 0.1) is 28.0 Å². The fourth-order valence-electron chi connectivity index (χ4n) is 7.58. The van der Waals surface area contributed by atoms with Crippen molar-refractivity contribution in [1.82, 2.24) is 14.5 Å². The molecule has 0 aliphatic carbocycles. The molecule has 7 aromatic rings. The number of benzene rings is 5. The molecule has 4 heteroatoms. The van der Waals surface area contributed by atoms with Gasteiger partial charge in [-0.05, 0) is 98.5 Å². The molecule has 0 amide bonds. The van der Waals surface area contributed by atoms with Crippen molar-refractivity contribution >= 4 is 11.0 Å². The Morgan fingerprint density at radius 3 is 1.81 bits per heavy atom. The first-order valence-corrected chi connectivity index (χ1v) is 19.3. The van der Waals surface area contributed by atoms with Gasteiger partial charge in [0, 0.05) is 22.9 Å². The molecular formula is C50H53N3O. The van der Waals surface area contributed by atoms with Gasteiger partial charge in [-0.15, -0.1) is 0 Å². The maximum atomic E-state index is 12.4. The summed E-state index contributed by atoms with van der Waals surface area (Å²) in [5.41, 5.74) is 14.2. The summed E-state index contributed by atoms with van der Waals surface area (Å²) in [4.78, 5) is 10.4. The van der Waals surface area contributed by atoms with Crippen LogP contribution in [0.3, 0.4) is 0 Å². The van der Waals surface area contributed by atoms with Crippen LogP contribution in [0.2, 0.25) is 0 Å². The highest BCUT2D eigenvalue weighted by molar-refractivity contribution is 5.98. The number of hydrogen-bond acceptors (Lipinski definition) is 3. The van der Waals surface area contributed by atoms with Crippen LogP contribution in [0.1, 0.15) is 103 Å². The molecule has 0 fully saturated rings. The number of nitrogens with zero attached hydrogens (tertiary/aromatic N) is 3. The molecule has 2 aromatic heterocycles. The molecule has 0 saturated heterocycles. The number of rotatable bonds is 7. The van der Waals surface area contributed by atoms with Gasteiger partial charge >= 0.3 is 0 Å². The maximum absolute atomic E-state index is 12.4. The second-order valence-corrected chi connectivity index (χ2v) is 17.3. The number of imidazole rings is 1. The Bertz CT molecular complexity index is 2370. The van der Waals surface area contributed by atoms with Crippen LogP contribution in [0.5, 0.6) is 5.75 Å². The molecule has 0 unspecified atom stereocenters. The summed E-state index contributed by atoms with van der Waals surface area (Å²) in [5, 5.41) is 12.4. The molecule has 2 heterocycles. The van der Waals surface area contributed by atoms with Gasteiger partial charge in [0.15, 0.2) is 0 Å². The molecule has 0 atom stereocenters. The number of phenols is 1. The minimum absolute atomic E-state index is 0.150. The first kappa shape index (κ1) is 36.9. The highest BCUT2D eigenvalue weighted by Crippen LogP contribution is 2.46. The molecule has 1 N–H and O–H groups in total. The van der Waals surface area contributed by atoms with E-state index in [1.807, 2.05) is 18.3 Å². The van der Waals surface area contributed by atoms with E-state index in [1.165, 1.54) is 11.1 Å². The van der Waals surface area contributed by atoms with Crippen molar-refractivity contribution < 1.29 is 5.11 Å². The van der Waals surface area contributed by atoms with Crippen LogP contribution in [-0.4, -0.2) is 19.6 Å². The number of pyridine rings is 1. The Morgan fingerprint density at radius 1 is 0.574 bits per heavy atom. The second kappa shape index (κ2) is 14.1. The van der Waals surface area contributed by atoms with E-state index in [4.69, 9.17) is 9.97 Å². The van der Waals surface area contributed by atoms with Crippen molar-refractivity contribution in [1.29, 1.82) is 0 Å². The lowest BCUT2D eigenvalue weighted by Crippen LogP contribution is -2.17. The number of aromatic nitrogens is 3. The summed E-state index contributed by atoms with van der Waals surface area (Å²) in [6.07, 6.45) is 1.85. The van der Waals surface area contributed by atoms with Gasteiger partial charge in [0.1, 0.15) is 11.6 Å². The van der Waals surface area contributed by atoms with Crippen molar-refractivity contribution in [2.75, 3.05) is 0 Å². The molecule has 274 valence electrons. The van der Waals surface area contributed by atoms with E-state index in [0.717, 1.165) is 72.7 Å². The van der Waals surface area contributed by atoms with E-state index >= 15 is 0 Å². The van der Waals surface area contributed by atoms with Crippen molar-refractivity contribution in [3.05, 3.63) is 144 Å². The lowest BCUT2D eigenvalue weighted by Gasteiger charge is -2.28. The molecule has 0 saturated carbocycles. The predicted octanol–water partition coefficient (Wildman–Crippen LogP) is 13.6.